The Morgan fingerprint density at radius 2 is 1.74 bits per heavy atom. The molecule has 42 heavy (non-hydrogen) atoms. The number of nitrogens with one attached hydrogen (secondary N) is 2. The van der Waals surface area contributed by atoms with Crippen molar-refractivity contribution in [2.24, 2.45) is 0 Å². The summed E-state index contributed by atoms with van der Waals surface area (Å²) in [6, 6.07) is 9.04. The summed E-state index contributed by atoms with van der Waals surface area (Å²) in [5.41, 5.74) is 3.61. The number of nitrogens with zero attached hydrogens (tertiary/aromatic N) is 5. The van der Waals surface area contributed by atoms with Crippen LogP contribution in [0.2, 0.25) is 0 Å². The lowest BCUT2D eigenvalue weighted by atomic mass is 10.0. The number of methoxy groups -OCH3 is 1. The Kier molecular flexibility index (Phi) is 9.42. The van der Waals surface area contributed by atoms with Gasteiger partial charge >= 0.3 is 0 Å². The van der Waals surface area contributed by atoms with Gasteiger partial charge in [0.1, 0.15) is 24.5 Å². The van der Waals surface area contributed by atoms with E-state index in [9.17, 15) is 8.96 Å². The normalized spacial score (nSPS) is 17.4. The van der Waals surface area contributed by atoms with Gasteiger partial charge in [0.2, 0.25) is 5.95 Å². The second-order valence-corrected chi connectivity index (χ2v) is 15.6. The Labute approximate surface area is 256 Å². The van der Waals surface area contributed by atoms with Gasteiger partial charge in [-0.1, -0.05) is 0 Å². The maximum absolute atomic E-state index is 13.9. The molecule has 0 amide bonds. The number of aryl methyl sites for hydroxylation is 1. The molecular formula is C30H40BrFN7O2P. The summed E-state index contributed by atoms with van der Waals surface area (Å²) in [5, 5.41) is 6.92. The molecule has 0 bridgehead atoms. The van der Waals surface area contributed by atoms with Gasteiger partial charge in [0.25, 0.3) is 0 Å². The molecule has 2 saturated heterocycles. The minimum absolute atomic E-state index is 0.360. The van der Waals surface area contributed by atoms with Crippen LogP contribution in [-0.4, -0.2) is 92.6 Å². The summed E-state index contributed by atoms with van der Waals surface area (Å²) in [6.45, 7) is 12.0. The van der Waals surface area contributed by atoms with Crippen LogP contribution in [0, 0.1) is 12.7 Å². The molecule has 0 aliphatic carbocycles. The molecule has 5 rings (SSSR count). The summed E-state index contributed by atoms with van der Waals surface area (Å²) in [6.07, 6.45) is 3.96. The number of piperidine rings is 1. The van der Waals surface area contributed by atoms with E-state index in [0.717, 1.165) is 63.4 Å². The van der Waals surface area contributed by atoms with Gasteiger partial charge in [0.15, 0.2) is 0 Å². The fraction of sp³-hybridized carbons (Fsp3) is 0.467. The average Bonchev–Trinajstić information content (AvgIpc) is 2.96. The van der Waals surface area contributed by atoms with Crippen LogP contribution in [0.5, 0.6) is 5.75 Å². The second-order valence-electron chi connectivity index (χ2n) is 11.5. The molecule has 2 aliphatic rings. The third-order valence-corrected chi connectivity index (χ3v) is 10.3. The van der Waals surface area contributed by atoms with Gasteiger partial charge in [-0.25, -0.2) is 9.37 Å². The number of anilines is 5. The van der Waals surface area contributed by atoms with Gasteiger partial charge in [-0.3, -0.25) is 4.90 Å². The van der Waals surface area contributed by atoms with E-state index in [4.69, 9.17) is 4.74 Å². The molecule has 2 aliphatic heterocycles. The highest BCUT2D eigenvalue weighted by atomic mass is 79.9. The smallest absolute Gasteiger partial charge is 0.229 e. The van der Waals surface area contributed by atoms with Crippen molar-refractivity contribution in [1.82, 2.24) is 19.8 Å². The lowest BCUT2D eigenvalue weighted by Gasteiger charge is -2.43. The lowest BCUT2D eigenvalue weighted by molar-refractivity contribution is 0.0982. The van der Waals surface area contributed by atoms with Gasteiger partial charge in [-0.2, -0.15) is 4.98 Å². The van der Waals surface area contributed by atoms with E-state index in [0.29, 0.717) is 39.0 Å². The molecule has 12 heteroatoms. The van der Waals surface area contributed by atoms with Crippen molar-refractivity contribution in [2.75, 3.05) is 82.3 Å². The van der Waals surface area contributed by atoms with Gasteiger partial charge < -0.3 is 29.7 Å². The van der Waals surface area contributed by atoms with E-state index in [1.165, 1.54) is 17.8 Å². The first-order valence-corrected chi connectivity index (χ1v) is 17.7. The second kappa shape index (κ2) is 12.9. The predicted molar refractivity (Wildman–Crippen MR) is 174 cm³/mol. The quantitative estimate of drug-likeness (QED) is 0.298. The summed E-state index contributed by atoms with van der Waals surface area (Å²) in [7, 11) is 1.12. The van der Waals surface area contributed by atoms with E-state index < -0.39 is 13.0 Å². The maximum atomic E-state index is 13.9. The number of rotatable bonds is 8. The molecule has 3 heterocycles. The summed E-state index contributed by atoms with van der Waals surface area (Å²) in [5.74, 6) is 1.09. The van der Waals surface area contributed by atoms with Crippen molar-refractivity contribution in [1.29, 1.82) is 0 Å². The van der Waals surface area contributed by atoms with Crippen molar-refractivity contribution in [2.45, 2.75) is 25.8 Å². The minimum Gasteiger partial charge on any atom is -0.494 e. The van der Waals surface area contributed by atoms with Crippen LogP contribution < -0.4 is 25.6 Å². The van der Waals surface area contributed by atoms with E-state index in [2.05, 4.69) is 77.3 Å². The Hall–Kier alpha value is -2.72. The van der Waals surface area contributed by atoms with Crippen LogP contribution >= 0.6 is 23.1 Å². The molecule has 0 atom stereocenters. The third-order valence-electron chi connectivity index (χ3n) is 8.16. The van der Waals surface area contributed by atoms with E-state index in [1.807, 2.05) is 0 Å². The molecular weight excluding hydrogens is 620 g/mol. The highest BCUT2D eigenvalue weighted by Crippen LogP contribution is 2.40. The fourth-order valence-corrected chi connectivity index (χ4v) is 7.20. The third kappa shape index (κ3) is 7.08. The van der Waals surface area contributed by atoms with Gasteiger partial charge in [0, 0.05) is 68.6 Å². The molecule has 0 spiro atoms. The molecule has 3 aromatic rings. The van der Waals surface area contributed by atoms with Crippen molar-refractivity contribution in [3.05, 3.63) is 52.4 Å². The predicted octanol–water partition coefficient (Wildman–Crippen LogP) is 5.65. The molecule has 226 valence electrons. The molecule has 2 aromatic carbocycles. The van der Waals surface area contributed by atoms with Crippen LogP contribution in [0.3, 0.4) is 0 Å². The largest absolute Gasteiger partial charge is 0.494 e. The maximum Gasteiger partial charge on any atom is 0.229 e. The van der Waals surface area contributed by atoms with Gasteiger partial charge in [-0.15, -0.1) is 0 Å². The van der Waals surface area contributed by atoms with Gasteiger partial charge in [0.05, 0.1) is 23.0 Å². The molecule has 1 aromatic heterocycles. The first kappa shape index (κ1) is 30.7. The summed E-state index contributed by atoms with van der Waals surface area (Å²) >= 11 is 3.49. The number of ether oxygens (including phenoxy) is 1. The molecule has 0 radical (unpaired) electrons. The Bertz CT molecular complexity index is 1470. The molecule has 0 saturated carbocycles. The average molecular weight is 661 g/mol. The Morgan fingerprint density at radius 1 is 1.02 bits per heavy atom. The van der Waals surface area contributed by atoms with Crippen LogP contribution in [0.4, 0.5) is 33.2 Å². The van der Waals surface area contributed by atoms with E-state index in [-0.39, 0.29) is 0 Å². The first-order chi connectivity index (χ1) is 20.0. The number of hydrogen-bond donors (Lipinski definition) is 2. The van der Waals surface area contributed by atoms with Crippen LogP contribution in [0.25, 0.3) is 0 Å². The highest BCUT2D eigenvalue weighted by molar-refractivity contribution is 9.10. The van der Waals surface area contributed by atoms with Crippen molar-refractivity contribution in [3.8, 4) is 5.75 Å². The molecule has 2 fully saturated rings. The number of likely N-dealkylation sites (N-methyl/N-ethyl adjacent to an activating group) is 1. The highest BCUT2D eigenvalue weighted by Gasteiger charge is 2.28. The SMILES string of the molecule is COc1cc(N2CCC(N3CCN(C)CC3)CC2)c(C)cc1Nc1ncc(Br)c(Nc2ccc(F)cc2P(C)(C)=O)n1. The molecule has 2 N–H and O–H groups in total. The van der Waals surface area contributed by atoms with Crippen molar-refractivity contribution < 1.29 is 13.7 Å². The number of benzene rings is 2. The standard InChI is InChI=1S/C30H40BrFN7O2P/c1-20-16-25(27(41-3)18-26(20)39-10-8-22(9-11-39)38-14-12-37(2)13-15-38)35-30-33-19-23(31)29(36-30)34-24-7-6-21(32)17-28(24)42(4,5)40/h6-7,16-19,22H,8-15H2,1-5H3,(H2,33,34,35,36). The number of hydrogen-bond acceptors (Lipinski definition) is 9. The first-order valence-electron chi connectivity index (χ1n) is 14.3. The van der Waals surface area contributed by atoms with Crippen molar-refractivity contribution >= 4 is 57.2 Å². The zero-order chi connectivity index (χ0) is 30.0. The summed E-state index contributed by atoms with van der Waals surface area (Å²) in [4.78, 5) is 16.6. The zero-order valence-corrected chi connectivity index (χ0v) is 27.4. The van der Waals surface area contributed by atoms with Crippen molar-refractivity contribution in [3.63, 3.8) is 0 Å². The van der Waals surface area contributed by atoms with Crippen LogP contribution in [-0.2, 0) is 4.57 Å². The minimum atomic E-state index is -2.75. The molecule has 9 nitrogen and oxygen atoms in total. The number of piperazine rings is 1. The zero-order valence-electron chi connectivity index (χ0n) is 25.0. The number of aromatic nitrogens is 2. The lowest BCUT2D eigenvalue weighted by Crippen LogP contribution is -2.52. The Morgan fingerprint density at radius 3 is 2.40 bits per heavy atom. The fourth-order valence-electron chi connectivity index (χ4n) is 5.76. The Balaban J connectivity index is 1.31. The topological polar surface area (TPSA) is 85.9 Å². The number of halogens is 2. The molecule has 0 unspecified atom stereocenters. The van der Waals surface area contributed by atoms with Crippen LogP contribution in [0.15, 0.2) is 41.0 Å². The van der Waals surface area contributed by atoms with Gasteiger partial charge in [-0.05, 0) is 85.9 Å². The monoisotopic (exact) mass is 659 g/mol. The summed E-state index contributed by atoms with van der Waals surface area (Å²) < 4.78 is 33.2. The van der Waals surface area contributed by atoms with E-state index >= 15 is 0 Å². The van der Waals surface area contributed by atoms with E-state index in [1.54, 1.807) is 32.7 Å². The van der Waals surface area contributed by atoms with Crippen LogP contribution in [0.1, 0.15) is 18.4 Å².